The first kappa shape index (κ1) is 10.3. The van der Waals surface area contributed by atoms with Gasteiger partial charge < -0.3 is 5.11 Å². The lowest BCUT2D eigenvalue weighted by Gasteiger charge is -1.95. The van der Waals surface area contributed by atoms with Crippen LogP contribution in [0.4, 0.5) is 0 Å². The molecule has 0 aliphatic heterocycles. The molecule has 3 nitrogen and oxygen atoms in total. The number of hydrogen-bond donors (Lipinski definition) is 1. The molecule has 2 atom stereocenters. The van der Waals surface area contributed by atoms with Gasteiger partial charge in [0.1, 0.15) is 0 Å². The maximum atomic E-state index is 10.7. The van der Waals surface area contributed by atoms with E-state index in [2.05, 4.69) is 0 Å². The van der Waals surface area contributed by atoms with Crippen molar-refractivity contribution in [2.24, 2.45) is 17.3 Å². The first-order chi connectivity index (χ1) is 5.87. The number of halogens is 1. The van der Waals surface area contributed by atoms with E-state index in [1.165, 1.54) is 6.08 Å². The van der Waals surface area contributed by atoms with E-state index in [0.29, 0.717) is 0 Å². The highest BCUT2D eigenvalue weighted by atomic mass is 35.5. The van der Waals surface area contributed by atoms with Crippen molar-refractivity contribution >= 4 is 22.8 Å². The van der Waals surface area contributed by atoms with Gasteiger partial charge in [-0.05, 0) is 29.0 Å². The van der Waals surface area contributed by atoms with E-state index in [-0.39, 0.29) is 17.3 Å². The Morgan fingerprint density at radius 1 is 1.46 bits per heavy atom. The summed E-state index contributed by atoms with van der Waals surface area (Å²) in [5.74, 6) is -1.28. The summed E-state index contributed by atoms with van der Waals surface area (Å²) in [5, 5.41) is 8.21. The molecule has 1 rings (SSSR count). The van der Waals surface area contributed by atoms with Gasteiger partial charge in [-0.3, -0.25) is 9.59 Å². The van der Waals surface area contributed by atoms with Crippen LogP contribution in [-0.4, -0.2) is 16.3 Å². The van der Waals surface area contributed by atoms with Crippen LogP contribution in [0.3, 0.4) is 0 Å². The van der Waals surface area contributed by atoms with Crippen LogP contribution in [0.15, 0.2) is 12.2 Å². The molecule has 4 heteroatoms. The number of rotatable bonds is 3. The Morgan fingerprint density at radius 2 is 2.00 bits per heavy atom. The molecule has 2 unspecified atom stereocenters. The number of carboxylic acid groups (broad SMARTS) is 1. The predicted octanol–water partition coefficient (Wildman–Crippen LogP) is 1.66. The zero-order valence-corrected chi connectivity index (χ0v) is 8.21. The van der Waals surface area contributed by atoms with Crippen molar-refractivity contribution in [3.63, 3.8) is 0 Å². The van der Waals surface area contributed by atoms with Crippen molar-refractivity contribution in [2.45, 2.75) is 13.8 Å². The number of carbonyl (C=O) groups excluding carboxylic acids is 1. The number of hydrogen-bond acceptors (Lipinski definition) is 2. The van der Waals surface area contributed by atoms with Crippen LogP contribution in [0.2, 0.25) is 0 Å². The smallest absolute Gasteiger partial charge is 0.307 e. The Balaban J connectivity index is 2.66. The van der Waals surface area contributed by atoms with Crippen LogP contribution < -0.4 is 0 Å². The predicted molar refractivity (Wildman–Crippen MR) is 48.4 cm³/mol. The molecule has 0 saturated heterocycles. The van der Waals surface area contributed by atoms with E-state index in [9.17, 15) is 9.59 Å². The second-order valence-electron chi connectivity index (χ2n) is 3.83. The van der Waals surface area contributed by atoms with Gasteiger partial charge in [0.05, 0.1) is 5.92 Å². The van der Waals surface area contributed by atoms with Crippen LogP contribution in [0, 0.1) is 17.3 Å². The Kier molecular flexibility index (Phi) is 2.48. The van der Waals surface area contributed by atoms with Crippen molar-refractivity contribution in [1.29, 1.82) is 0 Å². The third kappa shape index (κ3) is 1.91. The molecule has 0 aromatic rings. The maximum absolute atomic E-state index is 10.7. The molecule has 0 radical (unpaired) electrons. The highest BCUT2D eigenvalue weighted by molar-refractivity contribution is 6.66. The van der Waals surface area contributed by atoms with Crippen LogP contribution in [0.5, 0.6) is 0 Å². The third-order valence-electron chi connectivity index (χ3n) is 2.61. The molecule has 0 aromatic carbocycles. The van der Waals surface area contributed by atoms with Gasteiger partial charge in [0.15, 0.2) is 0 Å². The lowest BCUT2D eigenvalue weighted by molar-refractivity contribution is -0.139. The van der Waals surface area contributed by atoms with Crippen molar-refractivity contribution in [2.75, 3.05) is 0 Å². The van der Waals surface area contributed by atoms with Crippen LogP contribution in [0.1, 0.15) is 13.8 Å². The molecule has 13 heavy (non-hydrogen) atoms. The molecule has 0 heterocycles. The Labute approximate surface area is 81.4 Å². The van der Waals surface area contributed by atoms with Gasteiger partial charge in [-0.1, -0.05) is 19.9 Å². The molecule has 1 saturated carbocycles. The fourth-order valence-corrected chi connectivity index (χ4v) is 1.76. The van der Waals surface area contributed by atoms with E-state index >= 15 is 0 Å². The summed E-state index contributed by atoms with van der Waals surface area (Å²) in [5.41, 5.74) is -0.255. The quantitative estimate of drug-likeness (QED) is 0.560. The Bertz CT molecular complexity index is 281. The molecule has 1 N–H and O–H groups in total. The topological polar surface area (TPSA) is 54.4 Å². The first-order valence-electron chi connectivity index (χ1n) is 3.98. The summed E-state index contributed by atoms with van der Waals surface area (Å²) < 4.78 is 0. The monoisotopic (exact) mass is 202 g/mol. The third-order valence-corrected chi connectivity index (χ3v) is 2.74. The summed E-state index contributed by atoms with van der Waals surface area (Å²) >= 11 is 5.10. The second-order valence-corrected chi connectivity index (χ2v) is 4.20. The van der Waals surface area contributed by atoms with Crippen molar-refractivity contribution in [3.05, 3.63) is 12.2 Å². The molecule has 0 aromatic heterocycles. The number of carboxylic acids is 1. The lowest BCUT2D eigenvalue weighted by Crippen LogP contribution is -2.02. The minimum Gasteiger partial charge on any atom is -0.481 e. The van der Waals surface area contributed by atoms with E-state index in [0.717, 1.165) is 0 Å². The van der Waals surface area contributed by atoms with Crippen LogP contribution >= 0.6 is 11.6 Å². The lowest BCUT2D eigenvalue weighted by atomic mass is 10.1. The standard InChI is InChI=1S/C9H11ClO3/c1-9(2)5(3-4-6(10)11)7(9)8(12)13/h3-5,7H,1-2H3,(H,12,13). The van der Waals surface area contributed by atoms with E-state index in [1.54, 1.807) is 6.08 Å². The molecule has 1 aliphatic carbocycles. The van der Waals surface area contributed by atoms with Gasteiger partial charge in [0.25, 0.3) is 0 Å². The van der Waals surface area contributed by atoms with Gasteiger partial charge >= 0.3 is 5.97 Å². The van der Waals surface area contributed by atoms with Crippen molar-refractivity contribution < 1.29 is 14.7 Å². The number of carbonyl (C=O) groups is 2. The van der Waals surface area contributed by atoms with Crippen LogP contribution in [-0.2, 0) is 9.59 Å². The van der Waals surface area contributed by atoms with E-state index in [4.69, 9.17) is 16.7 Å². The van der Waals surface area contributed by atoms with Gasteiger partial charge in [-0.15, -0.1) is 0 Å². The van der Waals surface area contributed by atoms with Gasteiger partial charge in [-0.25, -0.2) is 0 Å². The number of allylic oxidation sites excluding steroid dienone is 2. The Hall–Kier alpha value is -0.830. The highest BCUT2D eigenvalue weighted by Gasteiger charge is 2.60. The fourth-order valence-electron chi connectivity index (χ4n) is 1.69. The fraction of sp³-hybridized carbons (Fsp3) is 0.556. The number of aliphatic carboxylic acids is 1. The summed E-state index contributed by atoms with van der Waals surface area (Å²) in [4.78, 5) is 21.1. The highest BCUT2D eigenvalue weighted by Crippen LogP contribution is 2.58. The average molecular weight is 203 g/mol. The molecule has 0 amide bonds. The van der Waals surface area contributed by atoms with E-state index in [1.807, 2.05) is 13.8 Å². The molecular formula is C9H11ClO3. The normalized spacial score (nSPS) is 30.4. The Morgan fingerprint density at radius 3 is 2.31 bits per heavy atom. The van der Waals surface area contributed by atoms with Crippen LogP contribution in [0.25, 0.3) is 0 Å². The summed E-state index contributed by atoms with van der Waals surface area (Å²) in [6.07, 6.45) is 2.80. The largest absolute Gasteiger partial charge is 0.481 e. The maximum Gasteiger partial charge on any atom is 0.307 e. The molecule has 1 fully saturated rings. The van der Waals surface area contributed by atoms with E-state index < -0.39 is 11.2 Å². The van der Waals surface area contributed by atoms with Gasteiger partial charge in [-0.2, -0.15) is 0 Å². The van der Waals surface area contributed by atoms with Gasteiger partial charge in [0.2, 0.25) is 5.24 Å². The average Bonchev–Trinajstić information content (AvgIpc) is 2.48. The molecule has 0 bridgehead atoms. The minimum absolute atomic E-state index is 0.0762. The minimum atomic E-state index is -0.818. The van der Waals surface area contributed by atoms with Crippen molar-refractivity contribution in [1.82, 2.24) is 0 Å². The zero-order chi connectivity index (χ0) is 10.2. The molecular weight excluding hydrogens is 192 g/mol. The molecule has 1 aliphatic rings. The van der Waals surface area contributed by atoms with Gasteiger partial charge in [0, 0.05) is 0 Å². The summed E-state index contributed by atoms with van der Waals surface area (Å²) in [6, 6.07) is 0. The molecule has 0 spiro atoms. The molecule has 72 valence electrons. The summed E-state index contributed by atoms with van der Waals surface area (Å²) in [6.45, 7) is 3.72. The first-order valence-corrected chi connectivity index (χ1v) is 4.35. The zero-order valence-electron chi connectivity index (χ0n) is 7.45. The SMILES string of the molecule is CC1(C)C(C=CC(=O)Cl)C1C(=O)O. The summed E-state index contributed by atoms with van der Waals surface area (Å²) in [7, 11) is 0. The van der Waals surface area contributed by atoms with Crippen molar-refractivity contribution in [3.8, 4) is 0 Å². The second kappa shape index (κ2) is 3.14.